The predicted molar refractivity (Wildman–Crippen MR) is 72.8 cm³/mol. The Balaban J connectivity index is 0.00000180. The third-order valence-corrected chi connectivity index (χ3v) is 3.12. The summed E-state index contributed by atoms with van der Waals surface area (Å²) >= 11 is 0. The van der Waals surface area contributed by atoms with E-state index in [1.54, 1.807) is 12.1 Å². The number of piperidine rings is 1. The molecule has 0 spiro atoms. The van der Waals surface area contributed by atoms with Crippen molar-refractivity contribution in [1.82, 2.24) is 4.90 Å². The Morgan fingerprint density at radius 1 is 1.37 bits per heavy atom. The summed E-state index contributed by atoms with van der Waals surface area (Å²) < 4.78 is 29.1. The molecule has 1 aliphatic rings. The van der Waals surface area contributed by atoms with Gasteiger partial charge < -0.3 is 10.5 Å². The number of hydrogen-bond donors (Lipinski definition) is 1. The zero-order valence-corrected chi connectivity index (χ0v) is 11.4. The highest BCUT2D eigenvalue weighted by atomic mass is 35.5. The molecule has 1 aromatic rings. The Bertz CT molecular complexity index is 393. The van der Waals surface area contributed by atoms with Crippen LogP contribution in [0.25, 0.3) is 0 Å². The number of nitrogens with two attached hydrogens (primary N) is 1. The predicted octanol–water partition coefficient (Wildman–Crippen LogP) is 2.63. The first-order valence-electron chi connectivity index (χ1n) is 6.16. The highest BCUT2D eigenvalue weighted by Crippen LogP contribution is 2.23. The molecular formula is C13H19ClF2N2O. The van der Waals surface area contributed by atoms with Gasteiger partial charge in [-0.15, -0.1) is 12.4 Å². The second-order valence-corrected chi connectivity index (χ2v) is 4.62. The van der Waals surface area contributed by atoms with Crippen LogP contribution in [0.1, 0.15) is 18.4 Å². The van der Waals surface area contributed by atoms with Gasteiger partial charge in [-0.2, -0.15) is 8.78 Å². The van der Waals surface area contributed by atoms with E-state index < -0.39 is 6.61 Å². The van der Waals surface area contributed by atoms with Crippen LogP contribution >= 0.6 is 12.4 Å². The lowest BCUT2D eigenvalue weighted by Gasteiger charge is -2.31. The van der Waals surface area contributed by atoms with E-state index in [2.05, 4.69) is 9.64 Å². The fourth-order valence-electron chi connectivity index (χ4n) is 2.32. The van der Waals surface area contributed by atoms with E-state index in [1.807, 2.05) is 12.1 Å². The first kappa shape index (κ1) is 16.1. The van der Waals surface area contributed by atoms with Crippen LogP contribution < -0.4 is 10.5 Å². The summed E-state index contributed by atoms with van der Waals surface area (Å²) in [5.41, 5.74) is 6.69. The molecule has 0 aromatic heterocycles. The van der Waals surface area contributed by atoms with E-state index in [1.165, 1.54) is 0 Å². The average Bonchev–Trinajstić information content (AvgIpc) is 2.31. The largest absolute Gasteiger partial charge is 0.434 e. The molecule has 108 valence electrons. The van der Waals surface area contributed by atoms with Crippen LogP contribution in [0.3, 0.4) is 0 Å². The molecular weight excluding hydrogens is 274 g/mol. The lowest BCUT2D eigenvalue weighted by molar-refractivity contribution is -0.0508. The molecule has 0 saturated carbocycles. The molecule has 1 aromatic carbocycles. The van der Waals surface area contributed by atoms with E-state index in [9.17, 15) is 8.78 Å². The summed E-state index contributed by atoms with van der Waals surface area (Å²) in [4.78, 5) is 2.18. The third kappa shape index (κ3) is 4.93. The van der Waals surface area contributed by atoms with Gasteiger partial charge in [0, 0.05) is 24.7 Å². The number of halogens is 3. The standard InChI is InChI=1S/C13H18F2N2O.ClH/c14-13(15)18-12-6-2-1-4-10(12)8-17-7-3-5-11(16)9-17;/h1-2,4,6,11,13H,3,5,7-9,16H2;1H/t11-;/m1./s1. The zero-order valence-electron chi connectivity index (χ0n) is 10.6. The van der Waals surface area contributed by atoms with E-state index in [4.69, 9.17) is 5.73 Å². The highest BCUT2D eigenvalue weighted by molar-refractivity contribution is 5.85. The molecule has 2 N–H and O–H groups in total. The molecule has 6 heteroatoms. The van der Waals surface area contributed by atoms with Gasteiger partial charge in [-0.25, -0.2) is 0 Å². The van der Waals surface area contributed by atoms with Gasteiger partial charge in [0.15, 0.2) is 0 Å². The van der Waals surface area contributed by atoms with E-state index in [0.717, 1.165) is 31.5 Å². The summed E-state index contributed by atoms with van der Waals surface area (Å²) in [5.74, 6) is 0.256. The minimum absolute atomic E-state index is 0. The third-order valence-electron chi connectivity index (χ3n) is 3.12. The van der Waals surface area contributed by atoms with Crippen LogP contribution in [0.15, 0.2) is 24.3 Å². The number of ether oxygens (including phenoxy) is 1. The van der Waals surface area contributed by atoms with Gasteiger partial charge >= 0.3 is 6.61 Å². The fourth-order valence-corrected chi connectivity index (χ4v) is 2.32. The lowest BCUT2D eigenvalue weighted by atomic mass is 10.1. The van der Waals surface area contributed by atoms with Gasteiger partial charge in [-0.05, 0) is 25.5 Å². The fraction of sp³-hybridized carbons (Fsp3) is 0.538. The molecule has 0 unspecified atom stereocenters. The summed E-state index contributed by atoms with van der Waals surface area (Å²) in [7, 11) is 0. The SMILES string of the molecule is Cl.N[C@@H]1CCCN(Cc2ccccc2OC(F)F)C1. The van der Waals surface area contributed by atoms with Crippen LogP contribution in [0.5, 0.6) is 5.75 Å². The van der Waals surface area contributed by atoms with Crippen molar-refractivity contribution in [3.8, 4) is 5.75 Å². The molecule has 2 rings (SSSR count). The van der Waals surface area contributed by atoms with Crippen LogP contribution in [0.2, 0.25) is 0 Å². The molecule has 1 fully saturated rings. The van der Waals surface area contributed by atoms with Gasteiger partial charge in [0.25, 0.3) is 0 Å². The lowest BCUT2D eigenvalue weighted by Crippen LogP contribution is -2.42. The van der Waals surface area contributed by atoms with Crippen molar-refractivity contribution in [1.29, 1.82) is 0 Å². The van der Waals surface area contributed by atoms with Crippen molar-refractivity contribution in [2.75, 3.05) is 13.1 Å². The number of para-hydroxylation sites is 1. The Hall–Kier alpha value is -0.910. The topological polar surface area (TPSA) is 38.5 Å². The summed E-state index contributed by atoms with van der Waals surface area (Å²) in [6.45, 7) is -0.411. The van der Waals surface area contributed by atoms with E-state index in [-0.39, 0.29) is 24.2 Å². The number of nitrogens with zero attached hydrogens (tertiary/aromatic N) is 1. The second-order valence-electron chi connectivity index (χ2n) is 4.62. The van der Waals surface area contributed by atoms with Gasteiger partial charge in [0.05, 0.1) is 0 Å². The number of likely N-dealkylation sites (tertiary alicyclic amines) is 1. The molecule has 1 saturated heterocycles. The summed E-state index contributed by atoms with van der Waals surface area (Å²) in [6.07, 6.45) is 2.09. The van der Waals surface area contributed by atoms with E-state index >= 15 is 0 Å². The molecule has 1 aliphatic heterocycles. The normalized spacial score (nSPS) is 20.1. The molecule has 0 bridgehead atoms. The van der Waals surface area contributed by atoms with Crippen molar-refractivity contribution in [3.63, 3.8) is 0 Å². The van der Waals surface area contributed by atoms with Gasteiger partial charge in [-0.1, -0.05) is 18.2 Å². The zero-order chi connectivity index (χ0) is 13.0. The number of rotatable bonds is 4. The molecule has 3 nitrogen and oxygen atoms in total. The van der Waals surface area contributed by atoms with Crippen molar-refractivity contribution in [3.05, 3.63) is 29.8 Å². The Labute approximate surface area is 118 Å². The first-order chi connectivity index (χ1) is 8.65. The first-order valence-corrected chi connectivity index (χ1v) is 6.16. The van der Waals surface area contributed by atoms with Crippen molar-refractivity contribution in [2.24, 2.45) is 5.73 Å². The van der Waals surface area contributed by atoms with Gasteiger partial charge in [-0.3, -0.25) is 4.90 Å². The molecule has 19 heavy (non-hydrogen) atoms. The molecule has 0 aliphatic carbocycles. The molecule has 0 amide bonds. The van der Waals surface area contributed by atoms with Crippen LogP contribution in [0, 0.1) is 0 Å². The highest BCUT2D eigenvalue weighted by Gasteiger charge is 2.18. The number of benzene rings is 1. The maximum atomic E-state index is 12.3. The van der Waals surface area contributed by atoms with Crippen molar-refractivity contribution >= 4 is 12.4 Å². The minimum atomic E-state index is -2.78. The number of hydrogen-bond acceptors (Lipinski definition) is 3. The van der Waals surface area contributed by atoms with E-state index in [0.29, 0.717) is 6.54 Å². The Kier molecular flexibility index (Phi) is 6.48. The molecule has 1 heterocycles. The Morgan fingerprint density at radius 3 is 2.79 bits per heavy atom. The van der Waals surface area contributed by atoms with Crippen LogP contribution in [0.4, 0.5) is 8.78 Å². The van der Waals surface area contributed by atoms with Crippen molar-refractivity contribution < 1.29 is 13.5 Å². The maximum Gasteiger partial charge on any atom is 0.387 e. The Morgan fingerprint density at radius 2 is 2.11 bits per heavy atom. The summed E-state index contributed by atoms with van der Waals surface area (Å²) in [6, 6.07) is 7.10. The average molecular weight is 293 g/mol. The maximum absolute atomic E-state index is 12.3. The second kappa shape index (κ2) is 7.62. The number of alkyl halides is 2. The van der Waals surface area contributed by atoms with Crippen LogP contribution in [-0.2, 0) is 6.54 Å². The van der Waals surface area contributed by atoms with Gasteiger partial charge in [0.1, 0.15) is 5.75 Å². The quantitative estimate of drug-likeness (QED) is 0.927. The monoisotopic (exact) mass is 292 g/mol. The van der Waals surface area contributed by atoms with Gasteiger partial charge in [0.2, 0.25) is 0 Å². The molecule has 0 radical (unpaired) electrons. The summed E-state index contributed by atoms with van der Waals surface area (Å²) in [5, 5.41) is 0. The van der Waals surface area contributed by atoms with Crippen LogP contribution in [-0.4, -0.2) is 30.6 Å². The smallest absolute Gasteiger partial charge is 0.387 e. The molecule has 1 atom stereocenters. The minimum Gasteiger partial charge on any atom is -0.434 e. The van der Waals surface area contributed by atoms with Crippen molar-refractivity contribution in [2.45, 2.75) is 32.0 Å².